The van der Waals surface area contributed by atoms with E-state index in [1.54, 1.807) is 19.1 Å². The van der Waals surface area contributed by atoms with Gasteiger partial charge in [0.15, 0.2) is 0 Å². The molecule has 0 saturated heterocycles. The summed E-state index contributed by atoms with van der Waals surface area (Å²) in [5, 5.41) is 10.7. The van der Waals surface area contributed by atoms with E-state index in [-0.39, 0.29) is 11.2 Å². The Kier molecular flexibility index (Phi) is 4.26. The summed E-state index contributed by atoms with van der Waals surface area (Å²) in [4.78, 5) is 0. The molecule has 1 aromatic rings. The molecule has 3 heteroatoms. The van der Waals surface area contributed by atoms with E-state index >= 15 is 0 Å². The van der Waals surface area contributed by atoms with Crippen LogP contribution >= 0.6 is 0 Å². The highest BCUT2D eigenvalue weighted by Gasteiger charge is 2.40. The van der Waals surface area contributed by atoms with Gasteiger partial charge in [0.25, 0.3) is 0 Å². The number of aryl methyl sites for hydroxylation is 1. The number of aliphatic hydroxyl groups is 1. The molecule has 0 radical (unpaired) electrons. The monoisotopic (exact) mass is 265 g/mol. The Morgan fingerprint density at radius 3 is 2.84 bits per heavy atom. The molecule has 1 aliphatic carbocycles. The maximum atomic E-state index is 13.3. The van der Waals surface area contributed by atoms with Crippen LogP contribution < -0.4 is 5.73 Å². The van der Waals surface area contributed by atoms with Crippen LogP contribution in [-0.4, -0.2) is 11.7 Å². The van der Waals surface area contributed by atoms with Gasteiger partial charge in [0.05, 0.1) is 6.10 Å². The number of hydrogen-bond donors (Lipinski definition) is 2. The molecule has 19 heavy (non-hydrogen) atoms. The number of aliphatic hydroxyl groups excluding tert-OH is 1. The molecule has 2 nitrogen and oxygen atoms in total. The van der Waals surface area contributed by atoms with E-state index in [0.717, 1.165) is 24.8 Å². The van der Waals surface area contributed by atoms with Gasteiger partial charge in [0, 0.05) is 12.0 Å². The van der Waals surface area contributed by atoms with Crippen molar-refractivity contribution >= 4 is 0 Å². The predicted molar refractivity (Wildman–Crippen MR) is 75.2 cm³/mol. The molecule has 106 valence electrons. The van der Waals surface area contributed by atoms with Gasteiger partial charge in [-0.25, -0.2) is 4.39 Å². The van der Waals surface area contributed by atoms with Crippen molar-refractivity contribution in [3.8, 4) is 0 Å². The van der Waals surface area contributed by atoms with Gasteiger partial charge in [0.1, 0.15) is 5.82 Å². The first-order valence-electron chi connectivity index (χ1n) is 7.13. The zero-order chi connectivity index (χ0) is 14.0. The van der Waals surface area contributed by atoms with Gasteiger partial charge >= 0.3 is 0 Å². The lowest BCUT2D eigenvalue weighted by Gasteiger charge is -2.43. The smallest absolute Gasteiger partial charge is 0.126 e. The number of benzene rings is 1. The van der Waals surface area contributed by atoms with Gasteiger partial charge in [-0.15, -0.1) is 0 Å². The van der Waals surface area contributed by atoms with Crippen LogP contribution in [0.5, 0.6) is 0 Å². The third-order valence-electron chi connectivity index (χ3n) is 4.61. The molecule has 0 spiro atoms. The Morgan fingerprint density at radius 1 is 1.53 bits per heavy atom. The van der Waals surface area contributed by atoms with Crippen molar-refractivity contribution in [3.05, 3.63) is 35.1 Å². The van der Waals surface area contributed by atoms with Crippen LogP contribution in [0.3, 0.4) is 0 Å². The molecular weight excluding hydrogens is 241 g/mol. The third-order valence-corrected chi connectivity index (χ3v) is 4.61. The first kappa shape index (κ1) is 14.5. The molecule has 0 amide bonds. The Hall–Kier alpha value is -0.930. The Bertz CT molecular complexity index is 448. The summed E-state index contributed by atoms with van der Waals surface area (Å²) >= 11 is 0. The second-order valence-electron chi connectivity index (χ2n) is 6.18. The van der Waals surface area contributed by atoms with Gasteiger partial charge < -0.3 is 10.8 Å². The summed E-state index contributed by atoms with van der Waals surface area (Å²) in [6.07, 6.45) is 3.61. The molecule has 0 bridgehead atoms. The Balaban J connectivity index is 2.29. The van der Waals surface area contributed by atoms with Crippen molar-refractivity contribution < 1.29 is 9.50 Å². The summed E-state index contributed by atoms with van der Waals surface area (Å²) in [6.45, 7) is 4.42. The average molecular weight is 265 g/mol. The highest BCUT2D eigenvalue weighted by atomic mass is 19.1. The highest BCUT2D eigenvalue weighted by Crippen LogP contribution is 2.47. The van der Waals surface area contributed by atoms with E-state index in [1.165, 1.54) is 12.5 Å². The molecule has 2 rings (SSSR count). The molecule has 1 saturated carbocycles. The molecule has 0 heterocycles. The fraction of sp³-hybridized carbons (Fsp3) is 0.625. The van der Waals surface area contributed by atoms with E-state index in [2.05, 4.69) is 6.92 Å². The summed E-state index contributed by atoms with van der Waals surface area (Å²) in [6, 6.07) is 4.87. The van der Waals surface area contributed by atoms with Crippen LogP contribution in [0.25, 0.3) is 0 Å². The quantitative estimate of drug-likeness (QED) is 0.880. The Labute approximate surface area is 114 Å². The van der Waals surface area contributed by atoms with E-state index in [1.807, 2.05) is 0 Å². The molecule has 1 fully saturated rings. The predicted octanol–water partition coefficient (Wildman–Crippen LogP) is 3.32. The molecule has 0 aromatic heterocycles. The van der Waals surface area contributed by atoms with Crippen LogP contribution in [0.2, 0.25) is 0 Å². The van der Waals surface area contributed by atoms with Crippen LogP contribution in [0.4, 0.5) is 4.39 Å². The first-order chi connectivity index (χ1) is 8.98. The minimum absolute atomic E-state index is 0.227. The van der Waals surface area contributed by atoms with Gasteiger partial charge in [0.2, 0.25) is 0 Å². The zero-order valence-electron chi connectivity index (χ0n) is 11.8. The summed E-state index contributed by atoms with van der Waals surface area (Å²) in [5.41, 5.74) is 7.09. The molecule has 3 unspecified atom stereocenters. The fourth-order valence-electron chi connectivity index (χ4n) is 3.44. The molecule has 3 atom stereocenters. The van der Waals surface area contributed by atoms with Crippen LogP contribution in [0.15, 0.2) is 18.2 Å². The van der Waals surface area contributed by atoms with Crippen molar-refractivity contribution in [2.24, 2.45) is 17.1 Å². The van der Waals surface area contributed by atoms with Gasteiger partial charge in [-0.3, -0.25) is 0 Å². The fourth-order valence-corrected chi connectivity index (χ4v) is 3.44. The van der Waals surface area contributed by atoms with Crippen molar-refractivity contribution in [1.29, 1.82) is 0 Å². The summed E-state index contributed by atoms with van der Waals surface area (Å²) in [5.74, 6) is 0.364. The lowest BCUT2D eigenvalue weighted by atomic mass is 9.65. The number of hydrogen-bond acceptors (Lipinski definition) is 2. The maximum absolute atomic E-state index is 13.3. The lowest BCUT2D eigenvalue weighted by molar-refractivity contribution is -0.0131. The minimum Gasteiger partial charge on any atom is -0.388 e. The maximum Gasteiger partial charge on any atom is 0.126 e. The molecule has 0 aliphatic heterocycles. The van der Waals surface area contributed by atoms with Crippen molar-refractivity contribution in [1.82, 2.24) is 0 Å². The van der Waals surface area contributed by atoms with Crippen molar-refractivity contribution in [2.45, 2.75) is 45.6 Å². The molecule has 1 aromatic carbocycles. The molecule has 1 aliphatic rings. The molecular formula is C16H24FNO. The second-order valence-corrected chi connectivity index (χ2v) is 6.18. The first-order valence-corrected chi connectivity index (χ1v) is 7.13. The molecule has 3 N–H and O–H groups in total. The van der Waals surface area contributed by atoms with Crippen LogP contribution in [-0.2, 0) is 0 Å². The average Bonchev–Trinajstić information content (AvgIpc) is 2.41. The van der Waals surface area contributed by atoms with E-state index in [4.69, 9.17) is 5.73 Å². The standard InChI is InChI=1S/C16H24FNO/c1-11-4-3-7-16(9-11,10-18)15(19)13-5-6-14(17)12(2)8-13/h5-6,8,11,15,19H,3-4,7,9-10,18H2,1-2H3. The van der Waals surface area contributed by atoms with Crippen LogP contribution in [0.1, 0.15) is 49.8 Å². The normalized spacial score (nSPS) is 29.2. The van der Waals surface area contributed by atoms with E-state index in [0.29, 0.717) is 18.0 Å². The van der Waals surface area contributed by atoms with Gasteiger partial charge in [-0.1, -0.05) is 31.9 Å². The number of nitrogens with two attached hydrogens (primary N) is 1. The van der Waals surface area contributed by atoms with Gasteiger partial charge in [-0.2, -0.15) is 0 Å². The van der Waals surface area contributed by atoms with E-state index in [9.17, 15) is 9.50 Å². The van der Waals surface area contributed by atoms with Gasteiger partial charge in [-0.05, 0) is 42.9 Å². The largest absolute Gasteiger partial charge is 0.388 e. The zero-order valence-corrected chi connectivity index (χ0v) is 11.8. The van der Waals surface area contributed by atoms with Crippen molar-refractivity contribution in [3.63, 3.8) is 0 Å². The highest BCUT2D eigenvalue weighted by molar-refractivity contribution is 5.27. The van der Waals surface area contributed by atoms with Crippen molar-refractivity contribution in [2.75, 3.05) is 6.54 Å². The minimum atomic E-state index is -0.598. The topological polar surface area (TPSA) is 46.2 Å². The number of halogens is 1. The second kappa shape index (κ2) is 5.59. The third kappa shape index (κ3) is 2.82. The lowest BCUT2D eigenvalue weighted by Crippen LogP contribution is -2.40. The Morgan fingerprint density at radius 2 is 2.26 bits per heavy atom. The van der Waals surface area contributed by atoms with Crippen LogP contribution in [0, 0.1) is 24.1 Å². The SMILES string of the molecule is Cc1cc(C(O)C2(CN)CCCC(C)C2)ccc1F. The number of rotatable bonds is 3. The summed E-state index contributed by atoms with van der Waals surface area (Å²) in [7, 11) is 0. The summed E-state index contributed by atoms with van der Waals surface area (Å²) < 4.78 is 13.3. The van der Waals surface area contributed by atoms with E-state index < -0.39 is 6.10 Å².